The van der Waals surface area contributed by atoms with E-state index in [9.17, 15) is 17.6 Å². The summed E-state index contributed by atoms with van der Waals surface area (Å²) in [6.07, 6.45) is 5.85. The summed E-state index contributed by atoms with van der Waals surface area (Å²) in [4.78, 5) is 33.5. The van der Waals surface area contributed by atoms with Crippen molar-refractivity contribution in [1.29, 1.82) is 0 Å². The number of carbonyl (C=O) groups excluding carboxylic acids is 1. The van der Waals surface area contributed by atoms with Gasteiger partial charge in [0.25, 0.3) is 0 Å². The summed E-state index contributed by atoms with van der Waals surface area (Å²) < 4.78 is 40.0. The predicted molar refractivity (Wildman–Crippen MR) is 161 cm³/mol. The number of H-pyrrole nitrogens is 2. The van der Waals surface area contributed by atoms with Crippen molar-refractivity contribution in [2.45, 2.75) is 20.4 Å². The van der Waals surface area contributed by atoms with E-state index >= 15 is 0 Å². The minimum absolute atomic E-state index is 0.0537. The van der Waals surface area contributed by atoms with Crippen LogP contribution in [-0.2, 0) is 21.4 Å². The highest BCUT2D eigenvalue weighted by Crippen LogP contribution is 2.32. The van der Waals surface area contributed by atoms with Gasteiger partial charge in [0.2, 0.25) is 15.9 Å². The van der Waals surface area contributed by atoms with Gasteiger partial charge in [-0.15, -0.1) is 0 Å². The molecule has 0 saturated carbocycles. The molecule has 0 aliphatic carbocycles. The Morgan fingerprint density at radius 2 is 1.88 bits per heavy atom. The fourth-order valence-corrected chi connectivity index (χ4v) is 4.97. The van der Waals surface area contributed by atoms with Crippen molar-refractivity contribution in [1.82, 2.24) is 39.8 Å². The van der Waals surface area contributed by atoms with Crippen LogP contribution in [0, 0.1) is 11.7 Å². The number of rotatable bonds is 8. The van der Waals surface area contributed by atoms with Crippen LogP contribution in [-0.4, -0.2) is 55.7 Å². The largest absolute Gasteiger partial charge is 0.335 e. The molecule has 0 aliphatic heterocycles. The van der Waals surface area contributed by atoms with Gasteiger partial charge < -0.3 is 10.3 Å². The van der Waals surface area contributed by atoms with Gasteiger partial charge in [0.1, 0.15) is 11.3 Å². The van der Waals surface area contributed by atoms with E-state index in [4.69, 9.17) is 4.98 Å². The fourth-order valence-electron chi connectivity index (χ4n) is 4.55. The number of hydrogen-bond donors (Lipinski definition) is 4. The van der Waals surface area contributed by atoms with E-state index in [0.717, 1.165) is 6.26 Å². The topological polar surface area (TPSA) is 171 Å². The molecule has 14 heteroatoms. The Balaban J connectivity index is 1.38. The molecule has 43 heavy (non-hydrogen) atoms. The van der Waals surface area contributed by atoms with Crippen molar-refractivity contribution >= 4 is 43.8 Å². The SMILES string of the molecule is CC(C)C(=O)Nc1cncc(-c2ccc3[nH]nc(-c4nc5nccc(-c6cc(F)cc(CNS(C)(=O)=O)c6)c5[nH]4)c3n2)c1. The standard InChI is InChI=1S/C29H26FN9O3S/c1-15(2)29(40)34-20-11-18(13-31-14-20)22-4-5-23-25(35-22)26(39-38-23)28-36-24-21(6-7-32-27(24)37-28)17-8-16(9-19(30)10-17)12-33-43(3,41)42/h4-11,13-15,33H,12H2,1-3H3,(H,34,40)(H,38,39)(H,32,36,37). The number of aromatic amines is 2. The summed E-state index contributed by atoms with van der Waals surface area (Å²) in [7, 11) is -3.45. The van der Waals surface area contributed by atoms with Crippen LogP contribution in [0.25, 0.3) is 56.1 Å². The molecule has 0 saturated heterocycles. The van der Waals surface area contributed by atoms with Crippen molar-refractivity contribution in [2.24, 2.45) is 5.92 Å². The van der Waals surface area contributed by atoms with Crippen LogP contribution in [0.15, 0.2) is 61.1 Å². The van der Waals surface area contributed by atoms with Crippen LogP contribution in [0.5, 0.6) is 0 Å². The van der Waals surface area contributed by atoms with Gasteiger partial charge in [-0.1, -0.05) is 13.8 Å². The third-order valence-electron chi connectivity index (χ3n) is 6.66. The van der Waals surface area contributed by atoms with Gasteiger partial charge >= 0.3 is 0 Å². The van der Waals surface area contributed by atoms with Gasteiger partial charge in [0.15, 0.2) is 17.2 Å². The molecule has 1 amide bonds. The second kappa shape index (κ2) is 11.0. The number of pyridine rings is 3. The van der Waals surface area contributed by atoms with Crippen LogP contribution in [0.1, 0.15) is 19.4 Å². The number of nitrogens with zero attached hydrogens (tertiary/aromatic N) is 5. The molecule has 0 fully saturated rings. The Hall–Kier alpha value is -5.08. The number of amides is 1. The molecule has 0 atom stereocenters. The number of aromatic nitrogens is 7. The maximum atomic E-state index is 14.6. The van der Waals surface area contributed by atoms with Gasteiger partial charge in [-0.2, -0.15) is 5.10 Å². The van der Waals surface area contributed by atoms with Crippen molar-refractivity contribution in [3.8, 4) is 33.9 Å². The number of carbonyl (C=O) groups is 1. The molecule has 5 heterocycles. The second-order valence-corrected chi connectivity index (χ2v) is 12.2. The van der Waals surface area contributed by atoms with E-state index in [0.29, 0.717) is 67.4 Å². The van der Waals surface area contributed by atoms with E-state index in [-0.39, 0.29) is 18.4 Å². The lowest BCUT2D eigenvalue weighted by Crippen LogP contribution is -2.21. The molecule has 4 N–H and O–H groups in total. The summed E-state index contributed by atoms with van der Waals surface area (Å²) in [5, 5.41) is 10.3. The summed E-state index contributed by atoms with van der Waals surface area (Å²) in [5.74, 6) is -0.398. The van der Waals surface area contributed by atoms with E-state index in [2.05, 4.69) is 40.2 Å². The van der Waals surface area contributed by atoms with E-state index in [1.807, 2.05) is 26.0 Å². The van der Waals surface area contributed by atoms with E-state index in [1.165, 1.54) is 12.1 Å². The minimum atomic E-state index is -3.45. The zero-order valence-electron chi connectivity index (χ0n) is 23.3. The minimum Gasteiger partial charge on any atom is -0.335 e. The Labute approximate surface area is 245 Å². The summed E-state index contributed by atoms with van der Waals surface area (Å²) in [6, 6.07) is 11.6. The number of hydrogen-bond acceptors (Lipinski definition) is 8. The molecule has 6 aromatic rings. The highest BCUT2D eigenvalue weighted by atomic mass is 32.2. The molecule has 0 aliphatic rings. The quantitative estimate of drug-likeness (QED) is 0.199. The first-order valence-electron chi connectivity index (χ1n) is 13.2. The molecular weight excluding hydrogens is 573 g/mol. The Morgan fingerprint density at radius 3 is 2.67 bits per heavy atom. The normalized spacial score (nSPS) is 11.9. The molecule has 5 aromatic heterocycles. The molecule has 0 radical (unpaired) electrons. The van der Waals surface area contributed by atoms with E-state index < -0.39 is 15.8 Å². The smallest absolute Gasteiger partial charge is 0.226 e. The lowest BCUT2D eigenvalue weighted by molar-refractivity contribution is -0.118. The Bertz CT molecular complexity index is 2120. The maximum Gasteiger partial charge on any atom is 0.226 e. The third kappa shape index (κ3) is 5.96. The Morgan fingerprint density at radius 1 is 1.05 bits per heavy atom. The average Bonchev–Trinajstić information content (AvgIpc) is 3.59. The number of fused-ring (bicyclic) bond motifs is 2. The van der Waals surface area contributed by atoms with Crippen molar-refractivity contribution < 1.29 is 17.6 Å². The molecule has 0 bridgehead atoms. The zero-order valence-corrected chi connectivity index (χ0v) is 24.1. The van der Waals surface area contributed by atoms with E-state index in [1.54, 1.807) is 36.8 Å². The molecule has 0 spiro atoms. The summed E-state index contributed by atoms with van der Waals surface area (Å²) in [6.45, 7) is 3.57. The number of imidazole rings is 1. The van der Waals surface area contributed by atoms with Crippen molar-refractivity contribution in [2.75, 3.05) is 11.6 Å². The van der Waals surface area contributed by atoms with Crippen LogP contribution in [0.3, 0.4) is 0 Å². The first-order chi connectivity index (χ1) is 20.5. The molecule has 1 aromatic carbocycles. The van der Waals surface area contributed by atoms with Gasteiger partial charge in [0.05, 0.1) is 34.9 Å². The summed E-state index contributed by atoms with van der Waals surface area (Å²) in [5.41, 5.74) is 6.12. The van der Waals surface area contributed by atoms with Crippen LogP contribution in [0.4, 0.5) is 10.1 Å². The Kier molecular flexibility index (Phi) is 7.15. The number of halogens is 1. The monoisotopic (exact) mass is 599 g/mol. The lowest BCUT2D eigenvalue weighted by atomic mass is 10.0. The van der Waals surface area contributed by atoms with Crippen LogP contribution < -0.4 is 10.0 Å². The van der Waals surface area contributed by atoms with Gasteiger partial charge in [0, 0.05) is 36.0 Å². The number of benzene rings is 1. The molecular formula is C29H26FN9O3S. The number of sulfonamides is 1. The van der Waals surface area contributed by atoms with Gasteiger partial charge in [-0.3, -0.25) is 14.9 Å². The number of nitrogens with one attached hydrogen (secondary N) is 4. The first kappa shape index (κ1) is 28.1. The van der Waals surface area contributed by atoms with Crippen LogP contribution >= 0.6 is 0 Å². The van der Waals surface area contributed by atoms with Crippen LogP contribution in [0.2, 0.25) is 0 Å². The van der Waals surface area contributed by atoms with Gasteiger partial charge in [-0.25, -0.2) is 32.5 Å². The molecule has 218 valence electrons. The molecule has 12 nitrogen and oxygen atoms in total. The fraction of sp³-hybridized carbons (Fsp3) is 0.172. The highest BCUT2D eigenvalue weighted by Gasteiger charge is 2.18. The van der Waals surface area contributed by atoms with Gasteiger partial charge in [-0.05, 0) is 53.6 Å². The molecule has 6 rings (SSSR count). The van der Waals surface area contributed by atoms with Crippen molar-refractivity contribution in [3.05, 3.63) is 72.4 Å². The molecule has 0 unspecified atom stereocenters. The second-order valence-electron chi connectivity index (χ2n) is 10.4. The number of anilines is 1. The highest BCUT2D eigenvalue weighted by molar-refractivity contribution is 7.88. The average molecular weight is 600 g/mol. The van der Waals surface area contributed by atoms with Crippen molar-refractivity contribution in [3.63, 3.8) is 0 Å². The maximum absolute atomic E-state index is 14.6. The lowest BCUT2D eigenvalue weighted by Gasteiger charge is -2.08. The summed E-state index contributed by atoms with van der Waals surface area (Å²) >= 11 is 0. The third-order valence-corrected chi connectivity index (χ3v) is 7.33. The first-order valence-corrected chi connectivity index (χ1v) is 15.1. The predicted octanol–water partition coefficient (Wildman–Crippen LogP) is 4.41. The zero-order chi connectivity index (χ0) is 30.3.